The molecule has 4 heterocycles. The van der Waals surface area contributed by atoms with Gasteiger partial charge in [0.25, 0.3) is 68.9 Å². The number of benzene rings is 8. The fraction of sp³-hybridized carbons (Fsp3) is 0.0921. The molecule has 5 N–H and O–H groups in total. The molecular formula is C76H61N13O8. The molecule has 1 amide bonds. The largest absolute Gasteiger partial charge is 0.460 e. The fourth-order valence-electron chi connectivity index (χ4n) is 9.21. The average molecular weight is 1280 g/mol. The third-order valence-electron chi connectivity index (χ3n) is 13.9. The minimum atomic E-state index is -0.595. The van der Waals surface area contributed by atoms with E-state index in [4.69, 9.17) is 40.5 Å². The minimum absolute atomic E-state index is 0. The minimum Gasteiger partial charge on any atom is -0.460 e. The summed E-state index contributed by atoms with van der Waals surface area (Å²) in [7, 11) is 0. The Kier molecular flexibility index (Phi) is 24.6. The molecule has 0 unspecified atom stereocenters. The summed E-state index contributed by atoms with van der Waals surface area (Å²) in [4.78, 5) is 101. The summed E-state index contributed by atoms with van der Waals surface area (Å²) in [6.07, 6.45) is 0.945. The maximum Gasteiger partial charge on any atom is 0.295 e. The molecule has 4 aromatic heterocycles. The highest BCUT2D eigenvalue weighted by atomic mass is 16.5. The first-order valence-electron chi connectivity index (χ1n) is 29.6. The summed E-state index contributed by atoms with van der Waals surface area (Å²) in [5.41, 5.74) is 7.37. The van der Waals surface area contributed by atoms with Crippen molar-refractivity contribution >= 4 is 34.6 Å². The Morgan fingerprint density at radius 1 is 0.392 bits per heavy atom. The van der Waals surface area contributed by atoms with E-state index in [-0.39, 0.29) is 73.1 Å². The Hall–Kier alpha value is -13.9. The molecule has 0 spiro atoms. The highest BCUT2D eigenvalue weighted by Crippen LogP contribution is 2.30. The van der Waals surface area contributed by atoms with Crippen LogP contribution in [-0.4, -0.2) is 45.8 Å². The van der Waals surface area contributed by atoms with Crippen LogP contribution in [0.2, 0.25) is 0 Å². The van der Waals surface area contributed by atoms with Crippen LogP contribution >= 0.6 is 0 Å². The third-order valence-corrected chi connectivity index (χ3v) is 13.9. The molecule has 0 saturated heterocycles. The second kappa shape index (κ2) is 34.5. The van der Waals surface area contributed by atoms with Gasteiger partial charge in [-0.2, -0.15) is 0 Å². The Labute approximate surface area is 557 Å². The van der Waals surface area contributed by atoms with Crippen LogP contribution in [0.25, 0.3) is 64.4 Å². The van der Waals surface area contributed by atoms with Crippen LogP contribution in [-0.2, 0) is 26.2 Å². The highest BCUT2D eigenvalue weighted by molar-refractivity contribution is 6.03. The number of nitrogens with zero attached hydrogens (tertiary/aromatic N) is 8. The van der Waals surface area contributed by atoms with E-state index in [9.17, 15) is 24.0 Å². The number of carbonyl (C=O) groups is 1. The maximum atomic E-state index is 12.2. The number of nitrogens with one attached hydrogen (secondary N) is 5. The molecule has 8 aromatic carbocycles. The summed E-state index contributed by atoms with van der Waals surface area (Å²) in [5.74, 6) is -0.395. The number of ether oxygens (including phenoxy) is 3. The van der Waals surface area contributed by atoms with E-state index in [0.29, 0.717) is 51.5 Å². The number of aryl methyl sites for hydroxylation is 2. The maximum absolute atomic E-state index is 12.2. The topological polar surface area (TPSA) is 257 Å². The molecule has 0 fully saturated rings. The van der Waals surface area contributed by atoms with E-state index < -0.39 is 28.1 Å². The van der Waals surface area contributed by atoms with Gasteiger partial charge in [0.05, 0.1) is 49.1 Å². The monoisotopic (exact) mass is 1280 g/mol. The van der Waals surface area contributed by atoms with Gasteiger partial charge in [0.15, 0.2) is 0 Å². The number of anilines is 1. The average Bonchev–Trinajstić information content (AvgIpc) is 0.855. The van der Waals surface area contributed by atoms with Crippen LogP contribution in [0.3, 0.4) is 0 Å². The number of rotatable bonds is 16. The number of amides is 1. The van der Waals surface area contributed by atoms with E-state index >= 15 is 0 Å². The van der Waals surface area contributed by atoms with Gasteiger partial charge in [0, 0.05) is 5.56 Å². The second-order valence-electron chi connectivity index (χ2n) is 20.6. The van der Waals surface area contributed by atoms with Crippen LogP contribution in [0.4, 0.5) is 28.7 Å². The van der Waals surface area contributed by atoms with Gasteiger partial charge in [-0.15, -0.1) is 0 Å². The van der Waals surface area contributed by atoms with Crippen LogP contribution < -0.4 is 41.8 Å². The molecular weight excluding hydrogens is 1220 g/mol. The zero-order valence-corrected chi connectivity index (χ0v) is 51.6. The SMILES string of the molecule is C.[C-]#[N+]c1c(-c2ccccc2)nc(NC(=O)c2ccccc2)[nH]c1=O.[C-]#[N+]c1c(-c2ccccc2)nc(OCc2cccc(C)c2)[nH]c1=O.[C-]#[N+]c1c(-c2ccccc2)nc(OCc2cccc(CC)c2)[nH]c1=O.[C-]#[N+]c1c(-c2ccccc2)nc(OCc2ccccc2)[nH]c1=O. The number of carbonyl (C=O) groups excluding carboxylic acids is 1. The second-order valence-corrected chi connectivity index (χ2v) is 20.6. The van der Waals surface area contributed by atoms with Gasteiger partial charge in [-0.3, -0.25) is 44.2 Å². The zero-order chi connectivity index (χ0) is 67.6. The summed E-state index contributed by atoms with van der Waals surface area (Å²) < 4.78 is 16.8. The highest BCUT2D eigenvalue weighted by Gasteiger charge is 2.19. The predicted octanol–water partition coefficient (Wildman–Crippen LogP) is 15.4. The molecule has 478 valence electrons. The molecule has 21 nitrogen and oxygen atoms in total. The number of hydrogen-bond acceptors (Lipinski definition) is 12. The molecule has 0 atom stereocenters. The molecule has 0 saturated carbocycles. The zero-order valence-electron chi connectivity index (χ0n) is 51.6. The van der Waals surface area contributed by atoms with Crippen molar-refractivity contribution in [2.24, 2.45) is 0 Å². The van der Waals surface area contributed by atoms with Gasteiger partial charge in [0.2, 0.25) is 5.95 Å². The van der Waals surface area contributed by atoms with E-state index in [0.717, 1.165) is 28.7 Å². The molecule has 12 aromatic rings. The molecule has 12 rings (SSSR count). The summed E-state index contributed by atoms with van der Waals surface area (Å²) in [6, 6.07) is 70.7. The predicted molar refractivity (Wildman–Crippen MR) is 374 cm³/mol. The van der Waals surface area contributed by atoms with Crippen molar-refractivity contribution in [3.63, 3.8) is 0 Å². The Bertz CT molecular complexity index is 5080. The van der Waals surface area contributed by atoms with Crippen molar-refractivity contribution in [1.82, 2.24) is 39.9 Å². The van der Waals surface area contributed by atoms with Gasteiger partial charge in [-0.25, -0.2) is 39.3 Å². The first kappa shape index (κ1) is 69.0. The van der Waals surface area contributed by atoms with Crippen LogP contribution in [0.15, 0.2) is 250 Å². The normalized spacial score (nSPS) is 10.0. The van der Waals surface area contributed by atoms with Crippen LogP contribution in [0.1, 0.15) is 52.5 Å². The Morgan fingerprint density at radius 2 is 0.701 bits per heavy atom. The van der Waals surface area contributed by atoms with E-state index in [2.05, 4.69) is 83.6 Å². The standard InChI is InChI=1S/C20H17N3O2.C19H15N3O2.C18H12N4O2.C18H13N3O2.CH4/c1-3-14-8-7-9-15(12-14)13-25-20-22-17(16-10-5-4-6-11-16)18(21-2)19(24)23-20;1-13-7-6-8-14(11-13)12-24-19-21-16(15-9-4-3-5-10-15)17(20-2)18(23)22-19;1-19-15-14(12-8-4-2-5-9-12)20-18(22-17(15)24)21-16(23)13-10-6-3-7-11-13;1-19-16-15(14-10-6-3-7-11-14)20-18(21-17(16)22)23-12-13-8-4-2-5-9-13;/h4-12H,3,13H2,1H3,(H,22,23,24);3-11H,12H2,1H3,(H,21,22,23);2-11H,(H2,20,21,22,23,24);2-11H,12H2,(H,20,21,22);1H4. The molecule has 0 aliphatic carbocycles. The van der Waals surface area contributed by atoms with Crippen molar-refractivity contribution in [2.45, 2.75) is 47.5 Å². The van der Waals surface area contributed by atoms with Crippen molar-refractivity contribution in [3.8, 4) is 63.1 Å². The van der Waals surface area contributed by atoms with Crippen LogP contribution in [0.5, 0.6) is 18.0 Å². The molecule has 97 heavy (non-hydrogen) atoms. The fourth-order valence-corrected chi connectivity index (χ4v) is 9.21. The van der Waals surface area contributed by atoms with Gasteiger partial charge >= 0.3 is 0 Å². The van der Waals surface area contributed by atoms with E-state index in [1.807, 2.05) is 146 Å². The lowest BCUT2D eigenvalue weighted by atomic mass is 10.1. The van der Waals surface area contributed by atoms with Crippen molar-refractivity contribution in [3.05, 3.63) is 351 Å². The smallest absolute Gasteiger partial charge is 0.295 e. The van der Waals surface area contributed by atoms with Gasteiger partial charge in [0.1, 0.15) is 19.8 Å². The van der Waals surface area contributed by atoms with Gasteiger partial charge < -0.3 is 19.2 Å². The number of aromatic nitrogens is 8. The first-order valence-corrected chi connectivity index (χ1v) is 29.6. The lowest BCUT2D eigenvalue weighted by Gasteiger charge is -2.09. The quantitative estimate of drug-likeness (QED) is 0.0566. The van der Waals surface area contributed by atoms with Crippen molar-refractivity contribution in [2.75, 3.05) is 5.32 Å². The molecule has 0 aliphatic heterocycles. The van der Waals surface area contributed by atoms with Gasteiger partial charge in [-0.05, 0) is 70.0 Å². The number of aromatic amines is 4. The Balaban J connectivity index is 0.000000165. The van der Waals surface area contributed by atoms with Crippen LogP contribution in [0, 0.1) is 33.2 Å². The summed E-state index contributed by atoms with van der Waals surface area (Å²) in [6.45, 7) is 33.8. The number of H-pyrrole nitrogens is 4. The lowest BCUT2D eigenvalue weighted by molar-refractivity contribution is 0.102. The van der Waals surface area contributed by atoms with Gasteiger partial charge in [-0.1, -0.05) is 238 Å². The summed E-state index contributed by atoms with van der Waals surface area (Å²) >= 11 is 0. The third kappa shape index (κ3) is 18.9. The number of hydrogen-bond donors (Lipinski definition) is 5. The van der Waals surface area contributed by atoms with Crippen molar-refractivity contribution in [1.29, 1.82) is 0 Å². The molecule has 0 radical (unpaired) electrons. The molecule has 21 heteroatoms. The van der Waals surface area contributed by atoms with E-state index in [1.165, 1.54) is 5.56 Å². The summed E-state index contributed by atoms with van der Waals surface area (Å²) in [5, 5.41) is 2.55. The lowest BCUT2D eigenvalue weighted by Crippen LogP contribution is -2.18. The van der Waals surface area contributed by atoms with Crippen molar-refractivity contribution < 1.29 is 19.0 Å². The Morgan fingerprint density at radius 3 is 1.07 bits per heavy atom. The molecule has 0 bridgehead atoms. The first-order chi connectivity index (χ1) is 46.8. The molecule has 0 aliphatic rings. The van der Waals surface area contributed by atoms with E-state index in [1.54, 1.807) is 78.9 Å².